The molecule has 1 saturated carbocycles. The molecule has 0 unspecified atom stereocenters. The Morgan fingerprint density at radius 2 is 2.06 bits per heavy atom. The zero-order valence-corrected chi connectivity index (χ0v) is 9.73. The Morgan fingerprint density at radius 1 is 1.41 bits per heavy atom. The number of phenols is 1. The number of nitrogens with one attached hydrogen (secondary N) is 1. The second kappa shape index (κ2) is 5.19. The Hall–Kier alpha value is -1.55. The summed E-state index contributed by atoms with van der Waals surface area (Å²) < 4.78 is 0. The van der Waals surface area contributed by atoms with Gasteiger partial charge in [-0.15, -0.1) is 0 Å². The van der Waals surface area contributed by atoms with Crippen LogP contribution in [0.1, 0.15) is 18.4 Å². The lowest BCUT2D eigenvalue weighted by atomic mass is 10.1. The average Bonchev–Trinajstić information content (AvgIpc) is 3.13. The third kappa shape index (κ3) is 3.75. The zero-order valence-electron chi connectivity index (χ0n) is 9.73. The Bertz CT molecular complexity index is 385. The molecule has 1 aromatic carbocycles. The lowest BCUT2D eigenvalue weighted by Crippen LogP contribution is -2.42. The molecule has 2 rings (SSSR count). The van der Waals surface area contributed by atoms with Crippen LogP contribution in [0.15, 0.2) is 24.3 Å². The second-order valence-corrected chi connectivity index (χ2v) is 4.67. The first kappa shape index (κ1) is 11.9. The van der Waals surface area contributed by atoms with Crippen LogP contribution in [0.3, 0.4) is 0 Å². The number of carbonyl (C=O) groups excluding carboxylic acids is 1. The maximum Gasteiger partial charge on any atom is 0.237 e. The van der Waals surface area contributed by atoms with Crippen LogP contribution in [0.25, 0.3) is 0 Å². The van der Waals surface area contributed by atoms with E-state index in [9.17, 15) is 4.79 Å². The van der Waals surface area contributed by atoms with Crippen LogP contribution in [0, 0.1) is 5.92 Å². The van der Waals surface area contributed by atoms with E-state index in [2.05, 4.69) is 5.32 Å². The van der Waals surface area contributed by atoms with E-state index in [0.717, 1.165) is 12.1 Å². The number of rotatable bonds is 5. The maximum atomic E-state index is 11.7. The van der Waals surface area contributed by atoms with Gasteiger partial charge in [-0.25, -0.2) is 0 Å². The molecule has 0 aliphatic heterocycles. The summed E-state index contributed by atoms with van der Waals surface area (Å²) in [4.78, 5) is 11.7. The van der Waals surface area contributed by atoms with Crippen molar-refractivity contribution in [2.45, 2.75) is 25.3 Å². The molecule has 1 amide bonds. The van der Waals surface area contributed by atoms with Crippen LogP contribution < -0.4 is 11.1 Å². The molecule has 1 aliphatic rings. The Labute approximate surface area is 101 Å². The number of benzene rings is 1. The molecule has 1 aliphatic carbocycles. The Balaban J connectivity index is 1.80. The van der Waals surface area contributed by atoms with Gasteiger partial charge < -0.3 is 16.2 Å². The summed E-state index contributed by atoms with van der Waals surface area (Å²) in [5.41, 5.74) is 6.77. The van der Waals surface area contributed by atoms with Gasteiger partial charge in [0.1, 0.15) is 5.75 Å². The number of hydrogen-bond acceptors (Lipinski definition) is 3. The van der Waals surface area contributed by atoms with Crippen molar-refractivity contribution >= 4 is 5.91 Å². The number of phenolic OH excluding ortho intramolecular Hbond substituents is 1. The van der Waals surface area contributed by atoms with Crippen LogP contribution in [0.4, 0.5) is 0 Å². The van der Waals surface area contributed by atoms with Crippen molar-refractivity contribution in [2.24, 2.45) is 11.7 Å². The van der Waals surface area contributed by atoms with E-state index in [1.807, 2.05) is 0 Å². The predicted octanol–water partition coefficient (Wildman–Crippen LogP) is 0.788. The van der Waals surface area contributed by atoms with E-state index in [-0.39, 0.29) is 11.7 Å². The van der Waals surface area contributed by atoms with E-state index < -0.39 is 6.04 Å². The van der Waals surface area contributed by atoms with Crippen molar-refractivity contribution in [1.29, 1.82) is 0 Å². The van der Waals surface area contributed by atoms with Gasteiger partial charge in [0.2, 0.25) is 5.91 Å². The molecule has 4 N–H and O–H groups in total. The molecular weight excluding hydrogens is 216 g/mol. The quantitative estimate of drug-likeness (QED) is 0.705. The zero-order chi connectivity index (χ0) is 12.3. The van der Waals surface area contributed by atoms with E-state index in [1.165, 1.54) is 12.8 Å². The topological polar surface area (TPSA) is 75.3 Å². The summed E-state index contributed by atoms with van der Waals surface area (Å²) in [7, 11) is 0. The van der Waals surface area contributed by atoms with E-state index in [4.69, 9.17) is 10.8 Å². The molecule has 17 heavy (non-hydrogen) atoms. The van der Waals surface area contributed by atoms with E-state index in [1.54, 1.807) is 24.3 Å². The van der Waals surface area contributed by atoms with Crippen molar-refractivity contribution in [3.05, 3.63) is 29.8 Å². The molecule has 1 aromatic rings. The summed E-state index contributed by atoms with van der Waals surface area (Å²) in [6.45, 7) is 0.752. The summed E-state index contributed by atoms with van der Waals surface area (Å²) in [6.07, 6.45) is 2.93. The minimum atomic E-state index is -0.515. The lowest BCUT2D eigenvalue weighted by molar-refractivity contribution is -0.122. The van der Waals surface area contributed by atoms with Gasteiger partial charge in [-0.05, 0) is 42.9 Å². The first-order valence-corrected chi connectivity index (χ1v) is 5.96. The smallest absolute Gasteiger partial charge is 0.237 e. The first-order valence-electron chi connectivity index (χ1n) is 5.96. The van der Waals surface area contributed by atoms with Gasteiger partial charge in [-0.3, -0.25) is 4.79 Å². The van der Waals surface area contributed by atoms with Gasteiger partial charge in [-0.1, -0.05) is 12.1 Å². The highest BCUT2D eigenvalue weighted by atomic mass is 16.3. The Kier molecular flexibility index (Phi) is 3.64. The fourth-order valence-corrected chi connectivity index (χ4v) is 1.68. The van der Waals surface area contributed by atoms with Crippen molar-refractivity contribution < 1.29 is 9.90 Å². The molecule has 0 radical (unpaired) electrons. The van der Waals surface area contributed by atoms with E-state index >= 15 is 0 Å². The fourth-order valence-electron chi connectivity index (χ4n) is 1.68. The highest BCUT2D eigenvalue weighted by Crippen LogP contribution is 2.27. The minimum absolute atomic E-state index is 0.0926. The standard InChI is InChI=1S/C13H18N2O2/c14-12(13(17)15-8-10-1-2-10)7-9-3-5-11(16)6-4-9/h3-6,10,12,16H,1-2,7-8,14H2,(H,15,17)/t12-/m0/s1. The Morgan fingerprint density at radius 3 is 2.65 bits per heavy atom. The first-order chi connectivity index (χ1) is 8.15. The maximum absolute atomic E-state index is 11.7. The highest BCUT2D eigenvalue weighted by molar-refractivity contribution is 5.81. The average molecular weight is 234 g/mol. The van der Waals surface area contributed by atoms with Crippen molar-refractivity contribution in [3.8, 4) is 5.75 Å². The SMILES string of the molecule is N[C@@H](Cc1ccc(O)cc1)C(=O)NCC1CC1. The number of amides is 1. The van der Waals surface area contributed by atoms with Crippen molar-refractivity contribution in [3.63, 3.8) is 0 Å². The van der Waals surface area contributed by atoms with Gasteiger partial charge in [-0.2, -0.15) is 0 Å². The second-order valence-electron chi connectivity index (χ2n) is 4.67. The normalized spacial score (nSPS) is 16.5. The number of carbonyl (C=O) groups is 1. The van der Waals surface area contributed by atoms with Crippen LogP contribution in [0.2, 0.25) is 0 Å². The van der Waals surface area contributed by atoms with Crippen LogP contribution >= 0.6 is 0 Å². The molecule has 0 saturated heterocycles. The van der Waals surface area contributed by atoms with Crippen LogP contribution in [-0.4, -0.2) is 23.6 Å². The number of aromatic hydroxyl groups is 1. The molecule has 4 nitrogen and oxygen atoms in total. The van der Waals surface area contributed by atoms with Crippen molar-refractivity contribution in [2.75, 3.05) is 6.54 Å². The van der Waals surface area contributed by atoms with Gasteiger partial charge in [0.25, 0.3) is 0 Å². The summed E-state index contributed by atoms with van der Waals surface area (Å²) in [5.74, 6) is 0.797. The summed E-state index contributed by atoms with van der Waals surface area (Å²) >= 11 is 0. The van der Waals surface area contributed by atoms with Gasteiger partial charge in [0.05, 0.1) is 6.04 Å². The van der Waals surface area contributed by atoms with Gasteiger partial charge in [0, 0.05) is 6.54 Å². The molecule has 4 heteroatoms. The molecule has 0 heterocycles. The third-order valence-electron chi connectivity index (χ3n) is 2.99. The summed E-state index contributed by atoms with van der Waals surface area (Å²) in [6, 6.07) is 6.25. The van der Waals surface area contributed by atoms with Crippen LogP contribution in [-0.2, 0) is 11.2 Å². The fraction of sp³-hybridized carbons (Fsp3) is 0.462. The van der Waals surface area contributed by atoms with E-state index in [0.29, 0.717) is 12.3 Å². The molecule has 0 bridgehead atoms. The van der Waals surface area contributed by atoms with Crippen LogP contribution in [0.5, 0.6) is 5.75 Å². The minimum Gasteiger partial charge on any atom is -0.508 e. The largest absolute Gasteiger partial charge is 0.508 e. The lowest BCUT2D eigenvalue weighted by Gasteiger charge is -2.12. The highest BCUT2D eigenvalue weighted by Gasteiger charge is 2.23. The van der Waals surface area contributed by atoms with Gasteiger partial charge in [0.15, 0.2) is 0 Å². The predicted molar refractivity (Wildman–Crippen MR) is 65.5 cm³/mol. The molecular formula is C13H18N2O2. The number of hydrogen-bond donors (Lipinski definition) is 3. The number of nitrogens with two attached hydrogens (primary N) is 1. The third-order valence-corrected chi connectivity index (χ3v) is 2.99. The molecule has 1 atom stereocenters. The monoisotopic (exact) mass is 234 g/mol. The molecule has 0 spiro atoms. The van der Waals surface area contributed by atoms with Gasteiger partial charge >= 0.3 is 0 Å². The van der Waals surface area contributed by atoms with Crippen molar-refractivity contribution in [1.82, 2.24) is 5.32 Å². The molecule has 92 valence electrons. The molecule has 0 aromatic heterocycles. The molecule has 1 fully saturated rings. The summed E-state index contributed by atoms with van der Waals surface area (Å²) in [5, 5.41) is 12.0.